The highest BCUT2D eigenvalue weighted by molar-refractivity contribution is 9.10. The zero-order chi connectivity index (χ0) is 14.9. The first-order valence-corrected chi connectivity index (χ1v) is 7.54. The molecule has 0 aliphatic rings. The number of hydrogen-bond acceptors (Lipinski definition) is 5. The summed E-state index contributed by atoms with van der Waals surface area (Å²) in [5, 5.41) is 0. The summed E-state index contributed by atoms with van der Waals surface area (Å²) in [7, 11) is -4.11. The predicted molar refractivity (Wildman–Crippen MR) is 75.2 cm³/mol. The molecule has 2 rings (SSSR count). The second-order valence-electron chi connectivity index (χ2n) is 3.87. The summed E-state index contributed by atoms with van der Waals surface area (Å²) in [5.41, 5.74) is -0.852. The molecule has 10 heteroatoms. The van der Waals surface area contributed by atoms with Gasteiger partial charge in [0.25, 0.3) is 15.6 Å². The molecule has 0 aromatic carbocycles. The Morgan fingerprint density at radius 3 is 2.65 bits per heavy atom. The summed E-state index contributed by atoms with van der Waals surface area (Å²) >= 11 is 3.19. The standard InChI is InChI=1S/C10H9BrN4O4S/c1-5-2-6(3-12-8(5)11)15-20(18,19)7-4-13-10(17)14-9(7)16/h2-4,15H,1H3,(H2,13,14,16,17). The number of nitrogens with one attached hydrogen (secondary N) is 3. The number of nitrogens with zero attached hydrogens (tertiary/aromatic N) is 1. The average molecular weight is 361 g/mol. The smallest absolute Gasteiger partial charge is 0.313 e. The van der Waals surface area contributed by atoms with Crippen molar-refractivity contribution in [2.24, 2.45) is 0 Å². The first kappa shape index (κ1) is 14.5. The van der Waals surface area contributed by atoms with Crippen molar-refractivity contribution in [2.45, 2.75) is 11.8 Å². The molecule has 0 radical (unpaired) electrons. The molecule has 0 amide bonds. The maximum atomic E-state index is 12.0. The van der Waals surface area contributed by atoms with E-state index in [1.807, 2.05) is 4.98 Å². The van der Waals surface area contributed by atoms with Crippen LogP contribution < -0.4 is 16.0 Å². The lowest BCUT2D eigenvalue weighted by atomic mass is 10.3. The van der Waals surface area contributed by atoms with E-state index >= 15 is 0 Å². The Kier molecular flexibility index (Phi) is 3.77. The van der Waals surface area contributed by atoms with E-state index in [4.69, 9.17) is 0 Å². The molecule has 8 nitrogen and oxygen atoms in total. The fraction of sp³-hybridized carbons (Fsp3) is 0.100. The van der Waals surface area contributed by atoms with Crippen LogP contribution in [0.15, 0.2) is 37.5 Å². The molecule has 0 aliphatic heterocycles. The van der Waals surface area contributed by atoms with Crippen molar-refractivity contribution in [1.29, 1.82) is 0 Å². The van der Waals surface area contributed by atoms with Gasteiger partial charge in [0.05, 0.1) is 11.9 Å². The quantitative estimate of drug-likeness (QED) is 0.680. The van der Waals surface area contributed by atoms with Crippen LogP contribution in [-0.4, -0.2) is 23.4 Å². The van der Waals surface area contributed by atoms with Crippen LogP contribution >= 0.6 is 15.9 Å². The first-order chi connectivity index (χ1) is 9.29. The third-order valence-corrected chi connectivity index (χ3v) is 4.56. The number of aromatic nitrogens is 3. The number of anilines is 1. The lowest BCUT2D eigenvalue weighted by molar-refractivity contribution is 0.599. The number of aryl methyl sites for hydroxylation is 1. The highest BCUT2D eigenvalue weighted by atomic mass is 79.9. The van der Waals surface area contributed by atoms with Gasteiger partial charge in [-0.1, -0.05) is 0 Å². The third kappa shape index (κ3) is 2.96. The van der Waals surface area contributed by atoms with E-state index in [-0.39, 0.29) is 5.69 Å². The van der Waals surface area contributed by atoms with Gasteiger partial charge in [-0.05, 0) is 34.5 Å². The second-order valence-corrected chi connectivity index (χ2v) is 6.28. The van der Waals surface area contributed by atoms with E-state index in [0.717, 1.165) is 11.8 Å². The van der Waals surface area contributed by atoms with E-state index in [9.17, 15) is 18.0 Å². The number of halogens is 1. The molecule has 0 saturated carbocycles. The Labute approximate surface area is 121 Å². The Bertz CT molecular complexity index is 871. The summed E-state index contributed by atoms with van der Waals surface area (Å²) in [6.45, 7) is 1.74. The number of hydrogen-bond donors (Lipinski definition) is 3. The van der Waals surface area contributed by atoms with Gasteiger partial charge in [0.15, 0.2) is 4.90 Å². The van der Waals surface area contributed by atoms with Crippen molar-refractivity contribution in [1.82, 2.24) is 15.0 Å². The largest absolute Gasteiger partial charge is 0.325 e. The summed E-state index contributed by atoms with van der Waals surface area (Å²) in [6.07, 6.45) is 2.14. The minimum atomic E-state index is -4.11. The highest BCUT2D eigenvalue weighted by Crippen LogP contribution is 2.18. The van der Waals surface area contributed by atoms with Crippen molar-refractivity contribution in [3.05, 3.63) is 49.5 Å². The summed E-state index contributed by atoms with van der Waals surface area (Å²) in [5.74, 6) is 0. The summed E-state index contributed by atoms with van der Waals surface area (Å²) in [4.78, 5) is 29.6. The van der Waals surface area contributed by atoms with Gasteiger partial charge < -0.3 is 4.98 Å². The topological polar surface area (TPSA) is 125 Å². The van der Waals surface area contributed by atoms with Crippen LogP contribution in [0.2, 0.25) is 0 Å². The van der Waals surface area contributed by atoms with Gasteiger partial charge in [0.2, 0.25) is 0 Å². The van der Waals surface area contributed by atoms with Crippen LogP contribution in [0.5, 0.6) is 0 Å². The zero-order valence-electron chi connectivity index (χ0n) is 10.1. The molecule has 0 fully saturated rings. The normalized spacial score (nSPS) is 11.3. The monoisotopic (exact) mass is 360 g/mol. The summed E-state index contributed by atoms with van der Waals surface area (Å²) < 4.78 is 26.9. The van der Waals surface area contributed by atoms with Crippen molar-refractivity contribution < 1.29 is 8.42 Å². The Balaban J connectivity index is 2.43. The Morgan fingerprint density at radius 1 is 1.35 bits per heavy atom. The van der Waals surface area contributed by atoms with Gasteiger partial charge in [-0.15, -0.1) is 0 Å². The molecule has 106 valence electrons. The molecular weight excluding hydrogens is 352 g/mol. The minimum absolute atomic E-state index is 0.205. The number of sulfonamides is 1. The fourth-order valence-electron chi connectivity index (χ4n) is 1.42. The van der Waals surface area contributed by atoms with Gasteiger partial charge >= 0.3 is 5.69 Å². The molecule has 0 saturated heterocycles. The maximum Gasteiger partial charge on any atom is 0.325 e. The molecule has 0 aliphatic carbocycles. The fourth-order valence-corrected chi connectivity index (χ4v) is 2.68. The predicted octanol–water partition coefficient (Wildman–Crippen LogP) is 0.330. The van der Waals surface area contributed by atoms with E-state index in [0.29, 0.717) is 4.60 Å². The van der Waals surface area contributed by atoms with Crippen LogP contribution in [0.4, 0.5) is 5.69 Å². The van der Waals surface area contributed by atoms with E-state index in [1.165, 1.54) is 6.20 Å². The lowest BCUT2D eigenvalue weighted by Crippen LogP contribution is -2.29. The highest BCUT2D eigenvalue weighted by Gasteiger charge is 2.19. The number of aromatic amines is 2. The van der Waals surface area contributed by atoms with Gasteiger partial charge in [-0.25, -0.2) is 18.2 Å². The second kappa shape index (κ2) is 5.21. The molecule has 2 aromatic rings. The van der Waals surface area contributed by atoms with Gasteiger partial charge in [-0.3, -0.25) is 14.5 Å². The van der Waals surface area contributed by atoms with Crippen LogP contribution in [0.1, 0.15) is 5.56 Å². The molecule has 0 atom stereocenters. The van der Waals surface area contributed by atoms with Crippen molar-refractivity contribution in [3.63, 3.8) is 0 Å². The molecule has 20 heavy (non-hydrogen) atoms. The van der Waals surface area contributed by atoms with Crippen LogP contribution in [-0.2, 0) is 10.0 Å². The first-order valence-electron chi connectivity index (χ1n) is 5.26. The zero-order valence-corrected chi connectivity index (χ0v) is 12.5. The lowest BCUT2D eigenvalue weighted by Gasteiger charge is -2.07. The number of pyridine rings is 1. The third-order valence-electron chi connectivity index (χ3n) is 2.34. The minimum Gasteiger partial charge on any atom is -0.313 e. The van der Waals surface area contributed by atoms with Gasteiger partial charge in [-0.2, -0.15) is 0 Å². The van der Waals surface area contributed by atoms with Crippen molar-refractivity contribution in [3.8, 4) is 0 Å². The van der Waals surface area contributed by atoms with Gasteiger partial charge in [0.1, 0.15) is 4.60 Å². The van der Waals surface area contributed by atoms with Gasteiger partial charge in [0, 0.05) is 6.20 Å². The molecule has 0 bridgehead atoms. The molecule has 3 N–H and O–H groups in total. The maximum absolute atomic E-state index is 12.0. The van der Waals surface area contributed by atoms with Crippen LogP contribution in [0, 0.1) is 6.92 Å². The molecular formula is C10H9BrN4O4S. The summed E-state index contributed by atoms with van der Waals surface area (Å²) in [6, 6.07) is 1.55. The molecule has 2 heterocycles. The molecule has 0 unspecified atom stereocenters. The van der Waals surface area contributed by atoms with Crippen molar-refractivity contribution >= 4 is 31.6 Å². The van der Waals surface area contributed by atoms with Crippen LogP contribution in [0.25, 0.3) is 0 Å². The van der Waals surface area contributed by atoms with E-state index in [2.05, 4.69) is 30.6 Å². The Morgan fingerprint density at radius 2 is 2.05 bits per heavy atom. The van der Waals surface area contributed by atoms with E-state index in [1.54, 1.807) is 13.0 Å². The van der Waals surface area contributed by atoms with Crippen LogP contribution in [0.3, 0.4) is 0 Å². The van der Waals surface area contributed by atoms with Crippen molar-refractivity contribution in [2.75, 3.05) is 4.72 Å². The Hall–Kier alpha value is -1.94. The SMILES string of the molecule is Cc1cc(NS(=O)(=O)c2c[nH]c(=O)[nH]c2=O)cnc1Br. The average Bonchev–Trinajstić information content (AvgIpc) is 2.33. The van der Waals surface area contributed by atoms with E-state index < -0.39 is 26.2 Å². The number of rotatable bonds is 3. The molecule has 0 spiro atoms. The number of H-pyrrole nitrogens is 2. The molecule has 2 aromatic heterocycles.